The Morgan fingerprint density at radius 2 is 2.06 bits per heavy atom. The molecule has 1 saturated heterocycles. The maximum atomic E-state index is 6.14. The maximum Gasteiger partial charge on any atom is 0.137 e. The number of anilines is 1. The molecular weight excluding hydrogens is 236 g/mol. The van der Waals surface area contributed by atoms with Crippen LogP contribution in [0.3, 0.4) is 0 Å². The number of nitrogens with zero attached hydrogens (tertiary/aromatic N) is 1. The van der Waals surface area contributed by atoms with Gasteiger partial charge in [0.05, 0.1) is 12.1 Å². The highest BCUT2D eigenvalue weighted by atomic mass is 35.5. The minimum absolute atomic E-state index is 0.653. The lowest BCUT2D eigenvalue weighted by Gasteiger charge is -2.33. The van der Waals surface area contributed by atoms with Crippen LogP contribution in [-0.4, -0.2) is 33.3 Å². The molecule has 1 aromatic carbocycles. The summed E-state index contributed by atoms with van der Waals surface area (Å²) < 4.78 is 5.16. The van der Waals surface area contributed by atoms with Crippen LogP contribution in [0.15, 0.2) is 18.2 Å². The van der Waals surface area contributed by atoms with Gasteiger partial charge in [-0.15, -0.1) is 0 Å². The second-order valence-electron chi connectivity index (χ2n) is 4.37. The van der Waals surface area contributed by atoms with Crippen molar-refractivity contribution < 1.29 is 4.74 Å². The summed E-state index contributed by atoms with van der Waals surface area (Å²) in [5.41, 5.74) is 1.19. The topological polar surface area (TPSA) is 24.5 Å². The highest BCUT2D eigenvalue weighted by Crippen LogP contribution is 2.30. The summed E-state index contributed by atoms with van der Waals surface area (Å²) in [6, 6.07) is 6.65. The number of piperidine rings is 1. The van der Waals surface area contributed by atoms with E-state index in [1.54, 1.807) is 7.11 Å². The predicted octanol–water partition coefficient (Wildman–Crippen LogP) is 2.54. The summed E-state index contributed by atoms with van der Waals surface area (Å²) in [5.74, 6) is 0.737. The van der Waals surface area contributed by atoms with Crippen LogP contribution in [0.1, 0.15) is 12.8 Å². The first-order chi connectivity index (χ1) is 8.24. The Labute approximate surface area is 108 Å². The normalized spacial score (nSPS) is 17.2. The number of methoxy groups -OCH3 is 1. The average molecular weight is 255 g/mol. The smallest absolute Gasteiger partial charge is 0.137 e. The summed E-state index contributed by atoms with van der Waals surface area (Å²) >= 11 is 6.14. The summed E-state index contributed by atoms with van der Waals surface area (Å²) in [4.78, 5) is 2.37. The third-order valence-corrected chi connectivity index (χ3v) is 3.70. The Kier molecular flexibility index (Phi) is 4.13. The van der Waals surface area contributed by atoms with E-state index in [1.807, 2.05) is 19.2 Å². The maximum absolute atomic E-state index is 6.14. The van der Waals surface area contributed by atoms with Gasteiger partial charge < -0.3 is 15.0 Å². The van der Waals surface area contributed by atoms with Crippen molar-refractivity contribution in [1.82, 2.24) is 5.32 Å². The molecule has 1 fully saturated rings. The Hall–Kier alpha value is -0.930. The van der Waals surface area contributed by atoms with Crippen LogP contribution >= 0.6 is 11.6 Å². The van der Waals surface area contributed by atoms with Crippen LogP contribution in [0.2, 0.25) is 5.02 Å². The monoisotopic (exact) mass is 254 g/mol. The first-order valence-corrected chi connectivity index (χ1v) is 6.38. The molecule has 17 heavy (non-hydrogen) atoms. The molecule has 1 N–H and O–H groups in total. The molecule has 4 heteroatoms. The van der Waals surface area contributed by atoms with Gasteiger partial charge in [0, 0.05) is 24.8 Å². The molecular formula is C13H19ClN2O. The predicted molar refractivity (Wildman–Crippen MR) is 72.3 cm³/mol. The van der Waals surface area contributed by atoms with Gasteiger partial charge in [0.1, 0.15) is 5.75 Å². The van der Waals surface area contributed by atoms with Crippen molar-refractivity contribution in [1.29, 1.82) is 0 Å². The summed E-state index contributed by atoms with van der Waals surface area (Å²) in [6.45, 7) is 2.16. The molecule has 0 aliphatic carbocycles. The van der Waals surface area contributed by atoms with Crippen molar-refractivity contribution in [2.75, 3.05) is 32.1 Å². The number of ether oxygens (including phenoxy) is 1. The van der Waals surface area contributed by atoms with Gasteiger partial charge in [0.2, 0.25) is 0 Å². The summed E-state index contributed by atoms with van der Waals surface area (Å²) in [5, 5.41) is 4.01. The van der Waals surface area contributed by atoms with Crippen molar-refractivity contribution in [3.8, 4) is 5.75 Å². The Bertz CT molecular complexity index is 376. The van der Waals surface area contributed by atoms with Gasteiger partial charge >= 0.3 is 0 Å². The SMILES string of the molecule is CNC1CCN(c2ccc(OC)c(Cl)c2)CC1. The standard InChI is InChI=1S/C13H19ClN2O/c1-15-10-5-7-16(8-6-10)11-3-4-13(17-2)12(14)9-11/h3-4,9-10,15H,5-8H2,1-2H3. The average Bonchev–Trinajstić information content (AvgIpc) is 2.39. The lowest BCUT2D eigenvalue weighted by molar-refractivity contribution is 0.414. The number of halogens is 1. The number of benzene rings is 1. The van der Waals surface area contributed by atoms with Gasteiger partial charge in [-0.05, 0) is 38.1 Å². The van der Waals surface area contributed by atoms with Gasteiger partial charge in [-0.25, -0.2) is 0 Å². The van der Waals surface area contributed by atoms with Crippen molar-refractivity contribution in [3.63, 3.8) is 0 Å². The Morgan fingerprint density at radius 1 is 1.35 bits per heavy atom. The lowest BCUT2D eigenvalue weighted by Crippen LogP contribution is -2.41. The van der Waals surface area contributed by atoms with E-state index < -0.39 is 0 Å². The van der Waals surface area contributed by atoms with E-state index in [9.17, 15) is 0 Å². The fourth-order valence-corrected chi connectivity index (χ4v) is 2.53. The first-order valence-electron chi connectivity index (χ1n) is 6.00. The van der Waals surface area contributed by atoms with Crippen LogP contribution in [0.4, 0.5) is 5.69 Å². The second kappa shape index (κ2) is 5.61. The molecule has 0 atom stereocenters. The van der Waals surface area contributed by atoms with E-state index in [4.69, 9.17) is 16.3 Å². The molecule has 3 nitrogen and oxygen atoms in total. The van der Waals surface area contributed by atoms with E-state index >= 15 is 0 Å². The number of nitrogens with one attached hydrogen (secondary N) is 1. The largest absolute Gasteiger partial charge is 0.495 e. The Balaban J connectivity index is 2.06. The van der Waals surface area contributed by atoms with Gasteiger partial charge in [-0.3, -0.25) is 0 Å². The fourth-order valence-electron chi connectivity index (χ4n) is 2.28. The highest BCUT2D eigenvalue weighted by Gasteiger charge is 2.18. The van der Waals surface area contributed by atoms with Crippen molar-refractivity contribution in [3.05, 3.63) is 23.2 Å². The molecule has 1 aromatic rings. The minimum atomic E-state index is 0.653. The van der Waals surface area contributed by atoms with E-state index in [1.165, 1.54) is 18.5 Å². The van der Waals surface area contributed by atoms with Gasteiger partial charge in [0.15, 0.2) is 0 Å². The summed E-state index contributed by atoms with van der Waals surface area (Å²) in [7, 11) is 3.67. The third kappa shape index (κ3) is 2.85. The van der Waals surface area contributed by atoms with Crippen LogP contribution in [0.25, 0.3) is 0 Å². The van der Waals surface area contributed by atoms with Crippen molar-refractivity contribution >= 4 is 17.3 Å². The molecule has 0 bridgehead atoms. The van der Waals surface area contributed by atoms with Gasteiger partial charge in [0.25, 0.3) is 0 Å². The molecule has 0 saturated carbocycles. The van der Waals surface area contributed by atoms with E-state index in [2.05, 4.69) is 16.3 Å². The van der Waals surface area contributed by atoms with Crippen molar-refractivity contribution in [2.45, 2.75) is 18.9 Å². The quantitative estimate of drug-likeness (QED) is 0.897. The molecule has 1 aliphatic rings. The lowest BCUT2D eigenvalue weighted by atomic mass is 10.0. The fraction of sp³-hybridized carbons (Fsp3) is 0.538. The molecule has 1 heterocycles. The molecule has 0 unspecified atom stereocenters. The Morgan fingerprint density at radius 3 is 2.59 bits per heavy atom. The molecule has 2 rings (SSSR count). The van der Waals surface area contributed by atoms with Crippen LogP contribution in [0, 0.1) is 0 Å². The summed E-state index contributed by atoms with van der Waals surface area (Å²) in [6.07, 6.45) is 2.36. The zero-order chi connectivity index (χ0) is 12.3. The van der Waals surface area contributed by atoms with E-state index in [-0.39, 0.29) is 0 Å². The van der Waals surface area contributed by atoms with Crippen LogP contribution in [0.5, 0.6) is 5.75 Å². The molecule has 0 aromatic heterocycles. The number of hydrogen-bond acceptors (Lipinski definition) is 3. The van der Waals surface area contributed by atoms with Crippen LogP contribution in [-0.2, 0) is 0 Å². The minimum Gasteiger partial charge on any atom is -0.495 e. The van der Waals surface area contributed by atoms with Crippen LogP contribution < -0.4 is 15.0 Å². The second-order valence-corrected chi connectivity index (χ2v) is 4.78. The van der Waals surface area contributed by atoms with Gasteiger partial charge in [-0.1, -0.05) is 11.6 Å². The van der Waals surface area contributed by atoms with E-state index in [0.717, 1.165) is 18.8 Å². The van der Waals surface area contributed by atoms with Gasteiger partial charge in [-0.2, -0.15) is 0 Å². The zero-order valence-corrected chi connectivity index (χ0v) is 11.1. The molecule has 0 spiro atoms. The number of hydrogen-bond donors (Lipinski definition) is 1. The highest BCUT2D eigenvalue weighted by molar-refractivity contribution is 6.32. The zero-order valence-electron chi connectivity index (χ0n) is 10.4. The molecule has 0 amide bonds. The molecule has 0 radical (unpaired) electrons. The first kappa shape index (κ1) is 12.5. The van der Waals surface area contributed by atoms with Crippen molar-refractivity contribution in [2.24, 2.45) is 0 Å². The third-order valence-electron chi connectivity index (χ3n) is 3.40. The number of rotatable bonds is 3. The van der Waals surface area contributed by atoms with E-state index in [0.29, 0.717) is 11.1 Å². The molecule has 94 valence electrons. The molecule has 1 aliphatic heterocycles.